The lowest BCUT2D eigenvalue weighted by molar-refractivity contribution is -0.0212. The minimum atomic E-state index is 0.324. The van der Waals surface area contributed by atoms with Gasteiger partial charge in [0.2, 0.25) is 0 Å². The zero-order valence-corrected chi connectivity index (χ0v) is 15.8. The van der Waals surface area contributed by atoms with Gasteiger partial charge in [-0.2, -0.15) is 0 Å². The number of guanidine groups is 1. The van der Waals surface area contributed by atoms with E-state index < -0.39 is 0 Å². The molecule has 1 aromatic rings. The quantitative estimate of drug-likeness (QED) is 0.425. The lowest BCUT2D eigenvalue weighted by atomic mass is 10.1. The number of morpholine rings is 1. The molecule has 0 bridgehead atoms. The first-order valence-corrected chi connectivity index (χ1v) is 9.15. The first-order chi connectivity index (χ1) is 12.2. The minimum Gasteiger partial charge on any atom is -0.380 e. The maximum Gasteiger partial charge on any atom is 0.191 e. The van der Waals surface area contributed by atoms with Gasteiger partial charge >= 0.3 is 0 Å². The summed E-state index contributed by atoms with van der Waals surface area (Å²) in [5.74, 6) is 0.798. The summed E-state index contributed by atoms with van der Waals surface area (Å²) in [7, 11) is 1.78. The van der Waals surface area contributed by atoms with Crippen LogP contribution in [0.5, 0.6) is 0 Å². The van der Waals surface area contributed by atoms with Crippen LogP contribution in [0.1, 0.15) is 25.0 Å². The summed E-state index contributed by atoms with van der Waals surface area (Å²) >= 11 is 0. The van der Waals surface area contributed by atoms with Gasteiger partial charge in [-0.1, -0.05) is 24.3 Å². The van der Waals surface area contributed by atoms with Crippen LogP contribution in [0.3, 0.4) is 0 Å². The van der Waals surface area contributed by atoms with Crippen LogP contribution >= 0.6 is 0 Å². The SMILES string of the molecule is CCOCCNC(=NC)NCc1cccc(CN2CCOC(C)C2)c1. The van der Waals surface area contributed by atoms with E-state index in [1.54, 1.807) is 7.05 Å². The Morgan fingerprint density at radius 2 is 2.20 bits per heavy atom. The van der Waals surface area contributed by atoms with E-state index in [1.807, 2.05) is 6.92 Å². The number of nitrogens with zero attached hydrogens (tertiary/aromatic N) is 2. The maximum absolute atomic E-state index is 5.61. The summed E-state index contributed by atoms with van der Waals surface area (Å²) in [6.45, 7) is 10.9. The molecule has 1 aliphatic heterocycles. The van der Waals surface area contributed by atoms with Crippen LogP contribution in [0.25, 0.3) is 0 Å². The van der Waals surface area contributed by atoms with E-state index in [0.29, 0.717) is 12.7 Å². The molecule has 0 saturated carbocycles. The zero-order valence-electron chi connectivity index (χ0n) is 15.8. The van der Waals surface area contributed by atoms with Gasteiger partial charge in [0.25, 0.3) is 0 Å². The van der Waals surface area contributed by atoms with Gasteiger partial charge in [0.05, 0.1) is 19.3 Å². The van der Waals surface area contributed by atoms with Gasteiger partial charge in [-0.05, 0) is 25.0 Å². The number of hydrogen-bond donors (Lipinski definition) is 2. The third-order valence-electron chi connectivity index (χ3n) is 4.15. The van der Waals surface area contributed by atoms with Crippen LogP contribution in [0.4, 0.5) is 0 Å². The molecule has 0 radical (unpaired) electrons. The fourth-order valence-corrected chi connectivity index (χ4v) is 2.92. The molecular formula is C19H32N4O2. The normalized spacial score (nSPS) is 19.0. The molecule has 25 heavy (non-hydrogen) atoms. The van der Waals surface area contributed by atoms with E-state index in [-0.39, 0.29) is 0 Å². The van der Waals surface area contributed by atoms with E-state index in [1.165, 1.54) is 11.1 Å². The third kappa shape index (κ3) is 7.42. The Balaban J connectivity index is 1.80. The highest BCUT2D eigenvalue weighted by Crippen LogP contribution is 2.12. The molecule has 6 nitrogen and oxygen atoms in total. The second-order valence-corrected chi connectivity index (χ2v) is 6.29. The molecule has 1 aliphatic rings. The number of benzene rings is 1. The minimum absolute atomic E-state index is 0.324. The van der Waals surface area contributed by atoms with Crippen molar-refractivity contribution < 1.29 is 9.47 Å². The van der Waals surface area contributed by atoms with Crippen molar-refractivity contribution in [1.29, 1.82) is 0 Å². The molecule has 2 N–H and O–H groups in total. The Morgan fingerprint density at radius 1 is 1.36 bits per heavy atom. The second kappa shape index (κ2) is 11.1. The number of nitrogens with one attached hydrogen (secondary N) is 2. The predicted octanol–water partition coefficient (Wildman–Crippen LogP) is 1.61. The first kappa shape index (κ1) is 19.7. The molecule has 6 heteroatoms. The van der Waals surface area contributed by atoms with Crippen LogP contribution in [-0.2, 0) is 22.6 Å². The number of ether oxygens (including phenoxy) is 2. The standard InChI is InChI=1S/C19H32N4O2/c1-4-24-10-8-21-19(20-3)22-13-17-6-5-7-18(12-17)15-23-9-11-25-16(2)14-23/h5-7,12,16H,4,8-11,13-15H2,1-3H3,(H2,20,21,22). The van der Waals surface area contributed by atoms with Crippen molar-refractivity contribution in [3.63, 3.8) is 0 Å². The number of aliphatic imine (C=N–C) groups is 1. The molecular weight excluding hydrogens is 316 g/mol. The fraction of sp³-hybridized carbons (Fsp3) is 0.632. The smallest absolute Gasteiger partial charge is 0.191 e. The van der Waals surface area contributed by atoms with Gasteiger partial charge in [0.1, 0.15) is 0 Å². The van der Waals surface area contributed by atoms with Gasteiger partial charge in [-0.15, -0.1) is 0 Å². The van der Waals surface area contributed by atoms with Gasteiger partial charge in [0, 0.05) is 46.4 Å². The van der Waals surface area contributed by atoms with Crippen molar-refractivity contribution in [2.75, 3.05) is 46.5 Å². The monoisotopic (exact) mass is 348 g/mol. The van der Waals surface area contributed by atoms with Crippen LogP contribution in [0.15, 0.2) is 29.3 Å². The molecule has 1 saturated heterocycles. The third-order valence-corrected chi connectivity index (χ3v) is 4.15. The summed E-state index contributed by atoms with van der Waals surface area (Å²) in [6, 6.07) is 8.73. The van der Waals surface area contributed by atoms with Crippen molar-refractivity contribution in [1.82, 2.24) is 15.5 Å². The molecule has 1 unspecified atom stereocenters. The topological polar surface area (TPSA) is 58.1 Å². The highest BCUT2D eigenvalue weighted by Gasteiger charge is 2.16. The van der Waals surface area contributed by atoms with Gasteiger partial charge in [0.15, 0.2) is 5.96 Å². The van der Waals surface area contributed by atoms with E-state index in [2.05, 4.69) is 51.7 Å². The Labute approximate surface area is 151 Å². The highest BCUT2D eigenvalue weighted by molar-refractivity contribution is 5.79. The Hall–Kier alpha value is -1.63. The second-order valence-electron chi connectivity index (χ2n) is 6.29. The van der Waals surface area contributed by atoms with Crippen LogP contribution in [0, 0.1) is 0 Å². The summed E-state index contributed by atoms with van der Waals surface area (Å²) in [5.41, 5.74) is 2.60. The Morgan fingerprint density at radius 3 is 2.96 bits per heavy atom. The van der Waals surface area contributed by atoms with Crippen molar-refractivity contribution in [3.8, 4) is 0 Å². The Kier molecular flexibility index (Phi) is 8.72. The van der Waals surface area contributed by atoms with Crippen molar-refractivity contribution in [3.05, 3.63) is 35.4 Å². The van der Waals surface area contributed by atoms with Crippen molar-refractivity contribution in [2.24, 2.45) is 4.99 Å². The molecule has 0 aliphatic carbocycles. The lowest BCUT2D eigenvalue weighted by Gasteiger charge is -2.31. The van der Waals surface area contributed by atoms with E-state index in [9.17, 15) is 0 Å². The van der Waals surface area contributed by atoms with Crippen LogP contribution in [-0.4, -0.2) is 63.5 Å². The van der Waals surface area contributed by atoms with Crippen LogP contribution < -0.4 is 10.6 Å². The summed E-state index contributed by atoms with van der Waals surface area (Å²) in [4.78, 5) is 6.70. The molecule has 0 spiro atoms. The molecule has 1 heterocycles. The molecule has 1 atom stereocenters. The fourth-order valence-electron chi connectivity index (χ4n) is 2.92. The van der Waals surface area contributed by atoms with E-state index in [0.717, 1.165) is 51.9 Å². The first-order valence-electron chi connectivity index (χ1n) is 9.15. The highest BCUT2D eigenvalue weighted by atomic mass is 16.5. The zero-order chi connectivity index (χ0) is 17.9. The maximum atomic E-state index is 5.61. The average Bonchev–Trinajstić information content (AvgIpc) is 2.61. The van der Waals surface area contributed by atoms with Gasteiger partial charge in [-0.25, -0.2) is 0 Å². The molecule has 1 aromatic carbocycles. The van der Waals surface area contributed by atoms with Gasteiger partial charge in [-0.3, -0.25) is 9.89 Å². The summed E-state index contributed by atoms with van der Waals surface area (Å²) in [5, 5.41) is 6.60. The number of hydrogen-bond acceptors (Lipinski definition) is 4. The van der Waals surface area contributed by atoms with E-state index >= 15 is 0 Å². The Bertz CT molecular complexity index is 536. The lowest BCUT2D eigenvalue weighted by Crippen LogP contribution is -2.40. The molecule has 2 rings (SSSR count). The molecule has 140 valence electrons. The summed E-state index contributed by atoms with van der Waals surface area (Å²) in [6.07, 6.45) is 0.324. The van der Waals surface area contributed by atoms with Gasteiger partial charge < -0.3 is 20.1 Å². The summed E-state index contributed by atoms with van der Waals surface area (Å²) < 4.78 is 10.9. The average molecular weight is 348 g/mol. The van der Waals surface area contributed by atoms with E-state index in [4.69, 9.17) is 9.47 Å². The van der Waals surface area contributed by atoms with Crippen LogP contribution in [0.2, 0.25) is 0 Å². The largest absolute Gasteiger partial charge is 0.380 e. The molecule has 0 amide bonds. The number of rotatable bonds is 8. The van der Waals surface area contributed by atoms with Crippen molar-refractivity contribution in [2.45, 2.75) is 33.0 Å². The van der Waals surface area contributed by atoms with Crippen molar-refractivity contribution >= 4 is 5.96 Å². The molecule has 0 aromatic heterocycles. The molecule has 1 fully saturated rings. The predicted molar refractivity (Wildman–Crippen MR) is 102 cm³/mol.